The Morgan fingerprint density at radius 2 is 2.28 bits per heavy atom. The summed E-state index contributed by atoms with van der Waals surface area (Å²) >= 11 is 1.79. The molecule has 2 unspecified atom stereocenters. The van der Waals surface area contributed by atoms with E-state index in [1.165, 1.54) is 0 Å². The van der Waals surface area contributed by atoms with Gasteiger partial charge in [0.25, 0.3) is 0 Å². The molecule has 0 aliphatic carbocycles. The number of carbonyl (C=O) groups is 1. The van der Waals surface area contributed by atoms with E-state index in [1.54, 1.807) is 11.8 Å². The third-order valence-electron chi connectivity index (χ3n) is 3.14. The molecule has 0 saturated carbocycles. The molecule has 4 nitrogen and oxygen atoms in total. The van der Waals surface area contributed by atoms with Crippen molar-refractivity contribution in [3.05, 3.63) is 0 Å². The predicted molar refractivity (Wildman–Crippen MR) is 76.9 cm³/mol. The van der Waals surface area contributed by atoms with Gasteiger partial charge in [-0.15, -0.1) is 0 Å². The molecule has 0 aromatic heterocycles. The molecule has 2 rings (SSSR count). The topological polar surface area (TPSA) is 53.5 Å². The highest BCUT2D eigenvalue weighted by Gasteiger charge is 2.28. The summed E-state index contributed by atoms with van der Waals surface area (Å²) in [5, 5.41) is 7.68. The first-order chi connectivity index (χ1) is 8.44. The van der Waals surface area contributed by atoms with Crippen LogP contribution in [-0.2, 0) is 4.79 Å². The Hall–Kier alpha value is -0.710. The van der Waals surface area contributed by atoms with E-state index in [1.807, 2.05) is 0 Å². The number of nitrogens with one attached hydrogen (secondary N) is 2. The van der Waals surface area contributed by atoms with Crippen molar-refractivity contribution in [2.45, 2.75) is 51.3 Å². The number of carbonyl (C=O) groups excluding carboxylic acids is 1. The van der Waals surface area contributed by atoms with Crippen molar-refractivity contribution in [1.29, 1.82) is 0 Å². The number of nitrogens with zero attached hydrogens (tertiary/aromatic N) is 1. The molecule has 2 aliphatic heterocycles. The number of rotatable bonds is 2. The van der Waals surface area contributed by atoms with E-state index >= 15 is 0 Å². The van der Waals surface area contributed by atoms with Crippen LogP contribution in [0.5, 0.6) is 0 Å². The lowest BCUT2D eigenvalue weighted by Crippen LogP contribution is -2.49. The quantitative estimate of drug-likeness (QED) is 0.803. The molecule has 2 aliphatic rings. The van der Waals surface area contributed by atoms with Gasteiger partial charge in [-0.3, -0.25) is 9.79 Å². The Labute approximate surface area is 113 Å². The number of hydrogen-bond donors (Lipinski definition) is 2. The molecule has 0 spiro atoms. The first kappa shape index (κ1) is 13.7. The average molecular weight is 269 g/mol. The zero-order valence-corrected chi connectivity index (χ0v) is 12.3. The van der Waals surface area contributed by atoms with Crippen molar-refractivity contribution in [3.8, 4) is 0 Å². The Morgan fingerprint density at radius 1 is 1.50 bits per heavy atom. The fraction of sp³-hybridized carbons (Fsp3) is 0.846. The van der Waals surface area contributed by atoms with Gasteiger partial charge in [0.1, 0.15) is 6.04 Å². The maximum atomic E-state index is 11.7. The molecule has 0 aromatic carbocycles. The van der Waals surface area contributed by atoms with Crippen molar-refractivity contribution < 1.29 is 4.79 Å². The molecular formula is C13H23N3OS. The standard InChI is InChI=1S/C13H23N3OS/c1-13(2,3)7-9-8-15-12(18-9)16-10-5-4-6-14-11(10)17/h9-10H,4-8H2,1-3H3,(H,14,17)(H,15,16). The molecule has 18 heavy (non-hydrogen) atoms. The van der Waals surface area contributed by atoms with Gasteiger partial charge in [-0.05, 0) is 24.7 Å². The van der Waals surface area contributed by atoms with E-state index in [2.05, 4.69) is 36.4 Å². The summed E-state index contributed by atoms with van der Waals surface area (Å²) in [5.41, 5.74) is 0.338. The highest BCUT2D eigenvalue weighted by Crippen LogP contribution is 2.31. The zero-order chi connectivity index (χ0) is 13.2. The molecular weight excluding hydrogens is 246 g/mol. The van der Waals surface area contributed by atoms with Crippen LogP contribution in [0, 0.1) is 5.41 Å². The lowest BCUT2D eigenvalue weighted by atomic mass is 9.90. The third-order valence-corrected chi connectivity index (χ3v) is 4.26. The molecule has 2 N–H and O–H groups in total. The van der Waals surface area contributed by atoms with Gasteiger partial charge < -0.3 is 10.6 Å². The summed E-state index contributed by atoms with van der Waals surface area (Å²) in [6, 6.07) is -0.0848. The minimum atomic E-state index is -0.0848. The third kappa shape index (κ3) is 3.90. The molecule has 1 saturated heterocycles. The Balaban J connectivity index is 1.80. The largest absolute Gasteiger partial charge is 0.354 e. The van der Waals surface area contributed by atoms with Crippen molar-refractivity contribution in [2.24, 2.45) is 10.4 Å². The van der Waals surface area contributed by atoms with Gasteiger partial charge in [-0.25, -0.2) is 0 Å². The summed E-state index contributed by atoms with van der Waals surface area (Å²) in [5.74, 6) is 0.115. The van der Waals surface area contributed by atoms with Crippen molar-refractivity contribution in [3.63, 3.8) is 0 Å². The zero-order valence-electron chi connectivity index (χ0n) is 11.5. The minimum Gasteiger partial charge on any atom is -0.354 e. The van der Waals surface area contributed by atoms with E-state index in [9.17, 15) is 4.79 Å². The lowest BCUT2D eigenvalue weighted by Gasteiger charge is -2.24. The Kier molecular flexibility index (Phi) is 4.20. The Morgan fingerprint density at radius 3 is 2.94 bits per heavy atom. The molecule has 2 atom stereocenters. The number of aliphatic imine (C=N–C) groups is 1. The minimum absolute atomic E-state index is 0.0848. The molecule has 1 amide bonds. The maximum absolute atomic E-state index is 11.7. The highest BCUT2D eigenvalue weighted by atomic mass is 32.2. The summed E-state index contributed by atoms with van der Waals surface area (Å²) in [6.07, 6.45) is 3.12. The second-order valence-corrected chi connectivity index (χ2v) is 7.57. The maximum Gasteiger partial charge on any atom is 0.242 e. The number of hydrogen-bond acceptors (Lipinski definition) is 4. The number of thioether (sulfide) groups is 1. The monoisotopic (exact) mass is 269 g/mol. The Bertz CT molecular complexity index is 349. The van der Waals surface area contributed by atoms with Gasteiger partial charge in [0, 0.05) is 11.8 Å². The fourth-order valence-electron chi connectivity index (χ4n) is 2.34. The van der Waals surface area contributed by atoms with Crippen LogP contribution in [0.25, 0.3) is 0 Å². The molecule has 0 aromatic rings. The molecule has 5 heteroatoms. The number of piperidine rings is 1. The van der Waals surface area contributed by atoms with Crippen LogP contribution in [0.3, 0.4) is 0 Å². The lowest BCUT2D eigenvalue weighted by molar-refractivity contribution is -0.124. The first-order valence-corrected chi connectivity index (χ1v) is 7.57. The van der Waals surface area contributed by atoms with Crippen LogP contribution in [0.15, 0.2) is 4.99 Å². The molecule has 102 valence electrons. The van der Waals surface area contributed by atoms with Gasteiger partial charge in [-0.1, -0.05) is 32.5 Å². The van der Waals surface area contributed by atoms with Gasteiger partial charge >= 0.3 is 0 Å². The van der Waals surface area contributed by atoms with Crippen LogP contribution in [0.4, 0.5) is 0 Å². The van der Waals surface area contributed by atoms with E-state index in [0.717, 1.165) is 37.5 Å². The summed E-state index contributed by atoms with van der Waals surface area (Å²) in [7, 11) is 0. The van der Waals surface area contributed by atoms with Crippen LogP contribution in [0.2, 0.25) is 0 Å². The molecule has 0 bridgehead atoms. The van der Waals surface area contributed by atoms with E-state index < -0.39 is 0 Å². The van der Waals surface area contributed by atoms with E-state index in [-0.39, 0.29) is 11.9 Å². The van der Waals surface area contributed by atoms with E-state index in [0.29, 0.717) is 10.7 Å². The van der Waals surface area contributed by atoms with E-state index in [4.69, 9.17) is 0 Å². The first-order valence-electron chi connectivity index (χ1n) is 6.69. The van der Waals surface area contributed by atoms with Crippen molar-refractivity contribution >= 4 is 22.8 Å². The highest BCUT2D eigenvalue weighted by molar-refractivity contribution is 8.14. The normalized spacial score (nSPS) is 28.8. The van der Waals surface area contributed by atoms with Gasteiger partial charge in [0.2, 0.25) is 5.91 Å². The second-order valence-electron chi connectivity index (χ2n) is 6.28. The van der Waals surface area contributed by atoms with Crippen molar-refractivity contribution in [2.75, 3.05) is 13.1 Å². The fourth-order valence-corrected chi connectivity index (χ4v) is 3.75. The van der Waals surface area contributed by atoms with Crippen LogP contribution in [0.1, 0.15) is 40.0 Å². The van der Waals surface area contributed by atoms with Crippen LogP contribution >= 0.6 is 11.8 Å². The van der Waals surface area contributed by atoms with Gasteiger partial charge in [-0.2, -0.15) is 0 Å². The molecule has 0 radical (unpaired) electrons. The summed E-state index contributed by atoms with van der Waals surface area (Å²) in [6.45, 7) is 8.45. The SMILES string of the molecule is CC(C)(C)CC1CN=C(NC2CCCNC2=O)S1. The molecule has 2 heterocycles. The smallest absolute Gasteiger partial charge is 0.242 e. The average Bonchev–Trinajstić information content (AvgIpc) is 2.66. The second kappa shape index (κ2) is 5.51. The predicted octanol–water partition coefficient (Wildman–Crippen LogP) is 1.76. The van der Waals surface area contributed by atoms with Gasteiger partial charge in [0.05, 0.1) is 6.54 Å². The van der Waals surface area contributed by atoms with Crippen LogP contribution in [-0.4, -0.2) is 35.5 Å². The molecule has 1 fully saturated rings. The number of amides is 1. The summed E-state index contributed by atoms with van der Waals surface area (Å²) < 4.78 is 0. The number of amidine groups is 1. The summed E-state index contributed by atoms with van der Waals surface area (Å²) in [4.78, 5) is 16.2. The van der Waals surface area contributed by atoms with Gasteiger partial charge in [0.15, 0.2) is 5.17 Å². The van der Waals surface area contributed by atoms with Crippen molar-refractivity contribution in [1.82, 2.24) is 10.6 Å². The van der Waals surface area contributed by atoms with Crippen LogP contribution < -0.4 is 10.6 Å².